The Labute approximate surface area is 75.2 Å². The number of thioether (sulfide) groups is 1. The van der Waals surface area contributed by atoms with Gasteiger partial charge < -0.3 is 5.73 Å². The van der Waals surface area contributed by atoms with Crippen molar-refractivity contribution in [1.29, 1.82) is 0 Å². The molecule has 0 bridgehead atoms. The lowest BCUT2D eigenvalue weighted by Gasteiger charge is -1.89. The van der Waals surface area contributed by atoms with Crippen LogP contribution in [-0.2, 0) is 12.2 Å². The van der Waals surface area contributed by atoms with E-state index >= 15 is 0 Å². The fourth-order valence-electron chi connectivity index (χ4n) is 0.801. The molecule has 0 aliphatic heterocycles. The first kappa shape index (κ1) is 9.03. The number of aromatic nitrogens is 1. The van der Waals surface area contributed by atoms with Crippen molar-refractivity contribution in [2.24, 2.45) is 5.73 Å². The predicted molar refractivity (Wildman–Crippen MR) is 52.1 cm³/mol. The van der Waals surface area contributed by atoms with E-state index in [-0.39, 0.29) is 0 Å². The van der Waals surface area contributed by atoms with Gasteiger partial charge in [-0.15, -0.1) is 11.3 Å². The van der Waals surface area contributed by atoms with Gasteiger partial charge in [0.2, 0.25) is 0 Å². The molecular formula is C7H12N2S2. The van der Waals surface area contributed by atoms with Gasteiger partial charge in [0.15, 0.2) is 0 Å². The van der Waals surface area contributed by atoms with Gasteiger partial charge in [-0.05, 0) is 12.8 Å². The predicted octanol–water partition coefficient (Wildman–Crippen LogP) is 1.51. The Kier molecular flexibility index (Phi) is 3.90. The first-order valence-electron chi connectivity index (χ1n) is 3.49. The molecule has 11 heavy (non-hydrogen) atoms. The molecule has 62 valence electrons. The van der Waals surface area contributed by atoms with Crippen molar-refractivity contribution in [2.75, 3.05) is 12.8 Å². The average Bonchev–Trinajstić information content (AvgIpc) is 2.38. The molecule has 1 aromatic rings. The fraction of sp³-hybridized carbons (Fsp3) is 0.571. The smallest absolute Gasteiger partial charge is 0.103 e. The van der Waals surface area contributed by atoms with Crippen LogP contribution in [0.25, 0.3) is 0 Å². The molecular weight excluding hydrogens is 176 g/mol. The second-order valence-electron chi connectivity index (χ2n) is 2.20. The molecule has 1 aromatic heterocycles. The third-order valence-electron chi connectivity index (χ3n) is 1.27. The maximum absolute atomic E-state index is 5.40. The zero-order chi connectivity index (χ0) is 8.10. The van der Waals surface area contributed by atoms with Crippen LogP contribution in [0.5, 0.6) is 0 Å². The highest BCUT2D eigenvalue weighted by Gasteiger charge is 1.99. The first-order chi connectivity index (χ1) is 5.36. The molecule has 0 fully saturated rings. The Hall–Kier alpha value is -0.0600. The molecule has 1 rings (SSSR count). The van der Waals surface area contributed by atoms with Crippen molar-refractivity contribution in [3.8, 4) is 0 Å². The van der Waals surface area contributed by atoms with E-state index in [0.29, 0.717) is 6.54 Å². The lowest BCUT2D eigenvalue weighted by atomic mass is 10.3. The summed E-state index contributed by atoms with van der Waals surface area (Å²) in [6.45, 7) is 0.697. The highest BCUT2D eigenvalue weighted by Crippen LogP contribution is 2.14. The second-order valence-corrected chi connectivity index (χ2v) is 4.01. The van der Waals surface area contributed by atoms with Gasteiger partial charge in [-0.2, -0.15) is 11.8 Å². The molecule has 4 heteroatoms. The Balaban J connectivity index is 2.51. The summed E-state index contributed by atoms with van der Waals surface area (Å²) in [5.41, 5.74) is 6.54. The normalized spacial score (nSPS) is 10.4. The van der Waals surface area contributed by atoms with Crippen LogP contribution in [0.2, 0.25) is 0 Å². The number of nitrogens with zero attached hydrogens (tertiary/aromatic N) is 1. The third kappa shape index (κ3) is 2.81. The summed E-state index contributed by atoms with van der Waals surface area (Å²) in [4.78, 5) is 4.41. The van der Waals surface area contributed by atoms with E-state index in [4.69, 9.17) is 5.73 Å². The van der Waals surface area contributed by atoms with Crippen molar-refractivity contribution in [3.05, 3.63) is 16.1 Å². The van der Waals surface area contributed by atoms with Gasteiger partial charge in [0.25, 0.3) is 0 Å². The van der Waals surface area contributed by atoms with Crippen LogP contribution >= 0.6 is 23.1 Å². The number of rotatable bonds is 4. The standard InChI is InChI=1S/C7H12N2S2/c1-10-5-7-9-6(2-3-8)4-11-7/h4H,2-3,5,8H2,1H3. The summed E-state index contributed by atoms with van der Waals surface area (Å²) in [6.07, 6.45) is 2.99. The molecule has 0 aliphatic carbocycles. The van der Waals surface area contributed by atoms with Crippen molar-refractivity contribution < 1.29 is 0 Å². The molecule has 0 radical (unpaired) electrons. The topological polar surface area (TPSA) is 38.9 Å². The highest BCUT2D eigenvalue weighted by atomic mass is 32.2. The van der Waals surface area contributed by atoms with Gasteiger partial charge in [-0.1, -0.05) is 0 Å². The lowest BCUT2D eigenvalue weighted by molar-refractivity contribution is 0.928. The SMILES string of the molecule is CSCc1nc(CCN)cs1. The van der Waals surface area contributed by atoms with E-state index in [1.54, 1.807) is 23.1 Å². The van der Waals surface area contributed by atoms with Crippen LogP contribution < -0.4 is 5.73 Å². The van der Waals surface area contributed by atoms with Crippen LogP contribution in [0.15, 0.2) is 5.38 Å². The van der Waals surface area contributed by atoms with E-state index < -0.39 is 0 Å². The van der Waals surface area contributed by atoms with Crippen LogP contribution in [0.1, 0.15) is 10.7 Å². The minimum Gasteiger partial charge on any atom is -0.330 e. The summed E-state index contributed by atoms with van der Waals surface area (Å²) >= 11 is 3.53. The number of hydrogen-bond donors (Lipinski definition) is 1. The Morgan fingerprint density at radius 3 is 3.18 bits per heavy atom. The van der Waals surface area contributed by atoms with Crippen LogP contribution in [0.3, 0.4) is 0 Å². The van der Waals surface area contributed by atoms with Crippen molar-refractivity contribution in [3.63, 3.8) is 0 Å². The quantitative estimate of drug-likeness (QED) is 0.778. The number of thiazole rings is 1. The largest absolute Gasteiger partial charge is 0.330 e. The molecule has 1 heterocycles. The van der Waals surface area contributed by atoms with E-state index in [0.717, 1.165) is 17.9 Å². The molecule has 0 atom stereocenters. The van der Waals surface area contributed by atoms with E-state index in [2.05, 4.69) is 16.6 Å². The third-order valence-corrected chi connectivity index (χ3v) is 2.91. The maximum atomic E-state index is 5.40. The molecule has 0 saturated carbocycles. The summed E-state index contributed by atoms with van der Waals surface area (Å²) in [5, 5.41) is 3.30. The van der Waals surface area contributed by atoms with Crippen LogP contribution in [0, 0.1) is 0 Å². The lowest BCUT2D eigenvalue weighted by Crippen LogP contribution is -2.02. The molecule has 0 saturated heterocycles. The number of hydrogen-bond acceptors (Lipinski definition) is 4. The van der Waals surface area contributed by atoms with Crippen molar-refractivity contribution >= 4 is 23.1 Å². The monoisotopic (exact) mass is 188 g/mol. The molecule has 0 spiro atoms. The molecule has 2 nitrogen and oxygen atoms in total. The fourth-order valence-corrected chi connectivity index (χ4v) is 2.35. The Morgan fingerprint density at radius 1 is 1.73 bits per heavy atom. The summed E-state index contributed by atoms with van der Waals surface area (Å²) in [6, 6.07) is 0. The molecule has 0 aliphatic rings. The van der Waals surface area contributed by atoms with Gasteiger partial charge >= 0.3 is 0 Å². The van der Waals surface area contributed by atoms with Crippen LogP contribution in [-0.4, -0.2) is 17.8 Å². The van der Waals surface area contributed by atoms with Gasteiger partial charge in [0.05, 0.1) is 5.69 Å². The molecule has 2 N–H and O–H groups in total. The summed E-state index contributed by atoms with van der Waals surface area (Å²) in [5.74, 6) is 1.02. The zero-order valence-electron chi connectivity index (χ0n) is 6.54. The minimum absolute atomic E-state index is 0.697. The van der Waals surface area contributed by atoms with E-state index in [1.165, 1.54) is 5.01 Å². The molecule has 0 unspecified atom stereocenters. The van der Waals surface area contributed by atoms with E-state index in [1.807, 2.05) is 0 Å². The second kappa shape index (κ2) is 4.74. The zero-order valence-corrected chi connectivity index (χ0v) is 8.17. The molecule has 0 amide bonds. The van der Waals surface area contributed by atoms with Crippen LogP contribution in [0.4, 0.5) is 0 Å². The average molecular weight is 188 g/mol. The van der Waals surface area contributed by atoms with Gasteiger partial charge in [0, 0.05) is 17.6 Å². The first-order valence-corrected chi connectivity index (χ1v) is 5.76. The summed E-state index contributed by atoms with van der Waals surface area (Å²) < 4.78 is 0. The summed E-state index contributed by atoms with van der Waals surface area (Å²) in [7, 11) is 0. The Bertz CT molecular complexity index is 189. The van der Waals surface area contributed by atoms with Crippen molar-refractivity contribution in [2.45, 2.75) is 12.2 Å². The van der Waals surface area contributed by atoms with Gasteiger partial charge in [-0.25, -0.2) is 4.98 Å². The Morgan fingerprint density at radius 2 is 2.55 bits per heavy atom. The minimum atomic E-state index is 0.697. The maximum Gasteiger partial charge on any atom is 0.103 e. The highest BCUT2D eigenvalue weighted by molar-refractivity contribution is 7.97. The number of nitrogens with two attached hydrogens (primary N) is 1. The molecule has 0 aromatic carbocycles. The van der Waals surface area contributed by atoms with Gasteiger partial charge in [0.1, 0.15) is 5.01 Å². The van der Waals surface area contributed by atoms with E-state index in [9.17, 15) is 0 Å². The van der Waals surface area contributed by atoms with Crippen molar-refractivity contribution in [1.82, 2.24) is 4.98 Å². The van der Waals surface area contributed by atoms with Gasteiger partial charge in [-0.3, -0.25) is 0 Å².